The molecule has 3 heteroatoms. The lowest BCUT2D eigenvalue weighted by molar-refractivity contribution is -0.124. The van der Waals surface area contributed by atoms with Crippen molar-refractivity contribution in [3.8, 4) is 0 Å². The van der Waals surface area contributed by atoms with Crippen LogP contribution in [0.3, 0.4) is 0 Å². The molecule has 1 aliphatic heterocycles. The van der Waals surface area contributed by atoms with E-state index in [0.717, 1.165) is 17.3 Å². The molecule has 1 spiro atoms. The first kappa shape index (κ1) is 8.48. The van der Waals surface area contributed by atoms with Gasteiger partial charge in [-0.15, -0.1) is 0 Å². The van der Waals surface area contributed by atoms with Crippen molar-refractivity contribution in [1.82, 2.24) is 5.32 Å². The van der Waals surface area contributed by atoms with Crippen LogP contribution in [-0.4, -0.2) is 5.91 Å². The highest BCUT2D eigenvalue weighted by Crippen LogP contribution is 2.51. The van der Waals surface area contributed by atoms with Crippen LogP contribution < -0.4 is 5.32 Å². The monoisotopic (exact) mass is 251 g/mol. The van der Waals surface area contributed by atoms with Crippen molar-refractivity contribution in [2.24, 2.45) is 0 Å². The molecule has 2 nitrogen and oxygen atoms in total. The number of amides is 1. The zero-order valence-electron chi connectivity index (χ0n) is 7.64. The minimum Gasteiger partial charge on any atom is -0.351 e. The molecule has 1 aromatic carbocycles. The maximum atomic E-state index is 11.7. The summed E-state index contributed by atoms with van der Waals surface area (Å²) in [4.78, 5) is 11.7. The lowest BCUT2D eigenvalue weighted by atomic mass is 9.87. The second-order valence-corrected chi connectivity index (χ2v) is 4.98. The fraction of sp³-hybridized carbons (Fsp3) is 0.364. The van der Waals surface area contributed by atoms with Crippen molar-refractivity contribution >= 4 is 21.8 Å². The molecule has 1 heterocycles. The van der Waals surface area contributed by atoms with Crippen LogP contribution in [0, 0.1) is 0 Å². The van der Waals surface area contributed by atoms with E-state index in [1.54, 1.807) is 0 Å². The van der Waals surface area contributed by atoms with E-state index in [1.807, 2.05) is 6.07 Å². The highest BCUT2D eigenvalue weighted by atomic mass is 79.9. The zero-order chi connectivity index (χ0) is 9.76. The predicted octanol–water partition coefficient (Wildman–Crippen LogP) is 2.11. The topological polar surface area (TPSA) is 29.1 Å². The summed E-state index contributed by atoms with van der Waals surface area (Å²) in [5, 5.41) is 2.96. The molecule has 72 valence electrons. The SMILES string of the molecule is O=C1NCc2ccc(Br)cc2C12CC2. The summed E-state index contributed by atoms with van der Waals surface area (Å²) in [5.74, 6) is 0.211. The Morgan fingerprint density at radius 2 is 2.14 bits per heavy atom. The number of rotatable bonds is 0. The summed E-state index contributed by atoms with van der Waals surface area (Å²) >= 11 is 3.46. The summed E-state index contributed by atoms with van der Waals surface area (Å²) in [6, 6.07) is 6.23. The van der Waals surface area contributed by atoms with Crippen LogP contribution >= 0.6 is 15.9 Å². The smallest absolute Gasteiger partial charge is 0.230 e. The summed E-state index contributed by atoms with van der Waals surface area (Å²) in [5.41, 5.74) is 2.33. The number of hydrogen-bond acceptors (Lipinski definition) is 1. The van der Waals surface area contributed by atoms with Crippen LogP contribution in [0.25, 0.3) is 0 Å². The van der Waals surface area contributed by atoms with Crippen LogP contribution in [0.15, 0.2) is 22.7 Å². The molecule has 1 aromatic rings. The van der Waals surface area contributed by atoms with Crippen molar-refractivity contribution in [1.29, 1.82) is 0 Å². The van der Waals surface area contributed by atoms with E-state index in [1.165, 1.54) is 11.1 Å². The second-order valence-electron chi connectivity index (χ2n) is 4.07. The third-order valence-corrected chi connectivity index (χ3v) is 3.70. The van der Waals surface area contributed by atoms with Crippen molar-refractivity contribution in [2.45, 2.75) is 24.8 Å². The molecule has 0 atom stereocenters. The summed E-state index contributed by atoms with van der Waals surface area (Å²) in [7, 11) is 0. The Hall–Kier alpha value is -0.830. The van der Waals surface area contributed by atoms with E-state index >= 15 is 0 Å². The molecule has 0 radical (unpaired) electrons. The molecule has 3 rings (SSSR count). The normalized spacial score (nSPS) is 21.6. The molecule has 14 heavy (non-hydrogen) atoms. The predicted molar refractivity (Wildman–Crippen MR) is 56.9 cm³/mol. The van der Waals surface area contributed by atoms with Gasteiger partial charge in [0.05, 0.1) is 5.41 Å². The van der Waals surface area contributed by atoms with Gasteiger partial charge in [0.15, 0.2) is 0 Å². The van der Waals surface area contributed by atoms with Gasteiger partial charge in [0.2, 0.25) is 5.91 Å². The lowest BCUT2D eigenvalue weighted by Gasteiger charge is -2.25. The maximum absolute atomic E-state index is 11.7. The largest absolute Gasteiger partial charge is 0.351 e. The molecule has 1 amide bonds. The number of nitrogens with one attached hydrogen (secondary N) is 1. The van der Waals surface area contributed by atoms with Gasteiger partial charge in [-0.2, -0.15) is 0 Å². The van der Waals surface area contributed by atoms with Crippen LogP contribution in [0.1, 0.15) is 24.0 Å². The van der Waals surface area contributed by atoms with Crippen LogP contribution in [0.4, 0.5) is 0 Å². The van der Waals surface area contributed by atoms with Crippen molar-refractivity contribution in [2.75, 3.05) is 0 Å². The third kappa shape index (κ3) is 0.989. The van der Waals surface area contributed by atoms with Gasteiger partial charge in [-0.05, 0) is 36.1 Å². The molecular formula is C11H10BrNO. The maximum Gasteiger partial charge on any atom is 0.230 e. The van der Waals surface area contributed by atoms with Crippen molar-refractivity contribution < 1.29 is 4.79 Å². The van der Waals surface area contributed by atoms with Crippen LogP contribution in [-0.2, 0) is 16.8 Å². The van der Waals surface area contributed by atoms with Gasteiger partial charge < -0.3 is 5.32 Å². The number of fused-ring (bicyclic) bond motifs is 2. The van der Waals surface area contributed by atoms with E-state index in [0.29, 0.717) is 6.54 Å². The highest BCUT2D eigenvalue weighted by molar-refractivity contribution is 9.10. The number of hydrogen-bond donors (Lipinski definition) is 1. The third-order valence-electron chi connectivity index (χ3n) is 3.21. The summed E-state index contributed by atoms with van der Waals surface area (Å²) in [6.45, 7) is 0.684. The molecule has 0 aromatic heterocycles. The van der Waals surface area contributed by atoms with Crippen molar-refractivity contribution in [3.63, 3.8) is 0 Å². The van der Waals surface area contributed by atoms with E-state index in [2.05, 4.69) is 33.4 Å². The van der Waals surface area contributed by atoms with E-state index in [-0.39, 0.29) is 11.3 Å². The molecule has 1 aliphatic carbocycles. The number of carbonyl (C=O) groups excluding carboxylic acids is 1. The van der Waals surface area contributed by atoms with Gasteiger partial charge in [-0.25, -0.2) is 0 Å². The average molecular weight is 252 g/mol. The first-order valence-corrected chi connectivity index (χ1v) is 5.59. The molecule has 1 saturated carbocycles. The van der Waals surface area contributed by atoms with Crippen LogP contribution in [0.2, 0.25) is 0 Å². The Kier molecular flexibility index (Phi) is 1.57. The molecule has 2 aliphatic rings. The number of halogens is 1. The zero-order valence-corrected chi connectivity index (χ0v) is 9.23. The fourth-order valence-corrected chi connectivity index (χ4v) is 2.60. The highest BCUT2D eigenvalue weighted by Gasteiger charge is 2.53. The Bertz CT molecular complexity index is 423. The van der Waals surface area contributed by atoms with E-state index < -0.39 is 0 Å². The Morgan fingerprint density at radius 1 is 1.36 bits per heavy atom. The van der Waals surface area contributed by atoms with E-state index in [9.17, 15) is 4.79 Å². The summed E-state index contributed by atoms with van der Waals surface area (Å²) in [6.07, 6.45) is 2.00. The van der Waals surface area contributed by atoms with Gasteiger partial charge in [0.1, 0.15) is 0 Å². The molecule has 1 N–H and O–H groups in total. The molecule has 0 bridgehead atoms. The quantitative estimate of drug-likeness (QED) is 0.752. The van der Waals surface area contributed by atoms with Gasteiger partial charge in [-0.1, -0.05) is 22.0 Å². The van der Waals surface area contributed by atoms with Crippen molar-refractivity contribution in [3.05, 3.63) is 33.8 Å². The number of carbonyl (C=O) groups is 1. The Balaban J connectivity index is 2.20. The van der Waals surface area contributed by atoms with Gasteiger partial charge in [0.25, 0.3) is 0 Å². The average Bonchev–Trinajstić information content (AvgIpc) is 2.94. The minimum atomic E-state index is -0.169. The lowest BCUT2D eigenvalue weighted by Crippen LogP contribution is -2.39. The standard InChI is InChI=1S/C11H10BrNO/c12-8-2-1-7-6-13-10(14)11(3-4-11)9(7)5-8/h1-2,5H,3-4,6H2,(H,13,14). The van der Waals surface area contributed by atoms with Gasteiger partial charge in [-0.3, -0.25) is 4.79 Å². The fourth-order valence-electron chi connectivity index (χ4n) is 2.24. The first-order valence-electron chi connectivity index (χ1n) is 4.80. The number of benzene rings is 1. The Labute approximate surface area is 90.8 Å². The minimum absolute atomic E-state index is 0.169. The van der Waals surface area contributed by atoms with E-state index in [4.69, 9.17) is 0 Å². The van der Waals surface area contributed by atoms with Crippen LogP contribution in [0.5, 0.6) is 0 Å². The van der Waals surface area contributed by atoms with Gasteiger partial charge >= 0.3 is 0 Å². The van der Waals surface area contributed by atoms with Gasteiger partial charge in [0, 0.05) is 11.0 Å². The summed E-state index contributed by atoms with van der Waals surface area (Å²) < 4.78 is 1.07. The molecule has 0 saturated heterocycles. The molecular weight excluding hydrogens is 242 g/mol. The molecule has 0 unspecified atom stereocenters. The second kappa shape index (κ2) is 2.60. The molecule has 1 fully saturated rings. The first-order chi connectivity index (χ1) is 6.72. The Morgan fingerprint density at radius 3 is 2.86 bits per heavy atom.